The molecule has 0 aliphatic rings. The highest BCUT2D eigenvalue weighted by Gasteiger charge is 2.20. The first kappa shape index (κ1) is 10.5. The lowest BCUT2D eigenvalue weighted by Gasteiger charge is -2.06. The zero-order valence-electron chi connectivity index (χ0n) is 7.72. The predicted octanol–water partition coefficient (Wildman–Crippen LogP) is 0.493. The van der Waals surface area contributed by atoms with Gasteiger partial charge in [0, 0.05) is 0 Å². The van der Waals surface area contributed by atoms with E-state index in [1.54, 1.807) is 24.3 Å². The fourth-order valence-electron chi connectivity index (χ4n) is 0.976. The van der Waals surface area contributed by atoms with Crippen molar-refractivity contribution in [1.82, 2.24) is 0 Å². The van der Waals surface area contributed by atoms with E-state index in [1.165, 1.54) is 6.08 Å². The van der Waals surface area contributed by atoms with E-state index in [0.29, 0.717) is 5.46 Å². The molecule has 0 saturated carbocycles. The van der Waals surface area contributed by atoms with Crippen molar-refractivity contribution in [3.8, 4) is 0 Å². The Hall–Kier alpha value is -1.55. The normalized spacial score (nSPS) is 9.21. The van der Waals surface area contributed by atoms with Crippen LogP contribution in [0.4, 0.5) is 0 Å². The molecule has 1 aromatic carbocycles. The molecular formula is C10H11BO3. The van der Waals surface area contributed by atoms with Crippen molar-refractivity contribution in [3.63, 3.8) is 0 Å². The maximum absolute atomic E-state index is 11.0. The molecule has 0 radical (unpaired) electrons. The largest absolute Gasteiger partial charge is 0.561 e. The second-order valence-electron chi connectivity index (χ2n) is 2.75. The second kappa shape index (κ2) is 5.24. The average molecular weight is 190 g/mol. The van der Waals surface area contributed by atoms with Crippen LogP contribution in [-0.2, 0) is 9.45 Å². The summed E-state index contributed by atoms with van der Waals surface area (Å²) in [5, 5.41) is 9.44. The molecule has 1 aromatic rings. The van der Waals surface area contributed by atoms with Crippen LogP contribution in [0.15, 0.2) is 43.0 Å². The Morgan fingerprint density at radius 3 is 2.71 bits per heavy atom. The Balaban J connectivity index is 2.54. The molecule has 1 N–H and O–H groups in total. The minimum atomic E-state index is -1.19. The number of carbonyl (C=O) groups excluding carboxylic acids is 1. The van der Waals surface area contributed by atoms with E-state index in [0.717, 1.165) is 0 Å². The monoisotopic (exact) mass is 190 g/mol. The molecule has 0 spiro atoms. The maximum atomic E-state index is 11.0. The molecule has 4 heteroatoms. The average Bonchev–Trinajstić information content (AvgIpc) is 2.19. The summed E-state index contributed by atoms with van der Waals surface area (Å²) in [4.78, 5) is 11.0. The quantitative estimate of drug-likeness (QED) is 0.555. The van der Waals surface area contributed by atoms with E-state index in [1.807, 2.05) is 6.07 Å². The van der Waals surface area contributed by atoms with Gasteiger partial charge in [-0.15, -0.1) is 6.58 Å². The van der Waals surface area contributed by atoms with Crippen molar-refractivity contribution >= 4 is 18.6 Å². The van der Waals surface area contributed by atoms with Gasteiger partial charge in [-0.25, -0.2) is 0 Å². The Labute approximate surface area is 83.2 Å². The smallest absolute Gasteiger partial charge is 0.506 e. The molecule has 0 saturated heterocycles. The van der Waals surface area contributed by atoms with Gasteiger partial charge in [-0.1, -0.05) is 36.4 Å². The van der Waals surface area contributed by atoms with E-state index in [-0.39, 0.29) is 6.42 Å². The van der Waals surface area contributed by atoms with E-state index in [2.05, 4.69) is 6.58 Å². The summed E-state index contributed by atoms with van der Waals surface area (Å²) in [6.07, 6.45) is 1.53. The molecule has 72 valence electrons. The molecule has 1 rings (SSSR count). The first-order chi connectivity index (χ1) is 6.74. The van der Waals surface area contributed by atoms with Gasteiger partial charge in [0.25, 0.3) is 5.97 Å². The van der Waals surface area contributed by atoms with E-state index < -0.39 is 13.1 Å². The fraction of sp³-hybridized carbons (Fsp3) is 0.100. The van der Waals surface area contributed by atoms with Gasteiger partial charge in [-0.3, -0.25) is 4.79 Å². The number of rotatable bonds is 4. The fourth-order valence-corrected chi connectivity index (χ4v) is 0.976. The lowest BCUT2D eigenvalue weighted by atomic mass is 9.80. The van der Waals surface area contributed by atoms with Gasteiger partial charge < -0.3 is 9.68 Å². The lowest BCUT2D eigenvalue weighted by molar-refractivity contribution is -0.134. The third-order valence-corrected chi connectivity index (χ3v) is 1.64. The Morgan fingerprint density at radius 2 is 2.14 bits per heavy atom. The van der Waals surface area contributed by atoms with Crippen molar-refractivity contribution in [2.75, 3.05) is 0 Å². The number of benzene rings is 1. The number of hydrogen-bond acceptors (Lipinski definition) is 3. The van der Waals surface area contributed by atoms with Gasteiger partial charge in [0.1, 0.15) is 0 Å². The van der Waals surface area contributed by atoms with Gasteiger partial charge in [-0.05, 0) is 5.46 Å². The van der Waals surface area contributed by atoms with Crippen LogP contribution in [0, 0.1) is 0 Å². The topological polar surface area (TPSA) is 46.5 Å². The van der Waals surface area contributed by atoms with Gasteiger partial charge >= 0.3 is 7.12 Å². The van der Waals surface area contributed by atoms with Crippen molar-refractivity contribution < 1.29 is 14.5 Å². The molecule has 0 fully saturated rings. The Kier molecular flexibility index (Phi) is 3.94. The van der Waals surface area contributed by atoms with Crippen LogP contribution < -0.4 is 5.46 Å². The summed E-state index contributed by atoms with van der Waals surface area (Å²) < 4.78 is 4.72. The van der Waals surface area contributed by atoms with E-state index in [4.69, 9.17) is 4.65 Å². The summed E-state index contributed by atoms with van der Waals surface area (Å²) in [5.74, 6) is -0.489. The Morgan fingerprint density at radius 1 is 1.50 bits per heavy atom. The minimum Gasteiger partial charge on any atom is -0.506 e. The molecule has 0 atom stereocenters. The minimum absolute atomic E-state index is 0.101. The molecule has 14 heavy (non-hydrogen) atoms. The molecule has 0 bridgehead atoms. The summed E-state index contributed by atoms with van der Waals surface area (Å²) in [6.45, 7) is 3.40. The maximum Gasteiger partial charge on any atom is 0.561 e. The van der Waals surface area contributed by atoms with Crippen LogP contribution in [0.25, 0.3) is 0 Å². The second-order valence-corrected chi connectivity index (χ2v) is 2.75. The van der Waals surface area contributed by atoms with Crippen LogP contribution >= 0.6 is 0 Å². The highest BCUT2D eigenvalue weighted by atomic mass is 16.6. The third-order valence-electron chi connectivity index (χ3n) is 1.64. The van der Waals surface area contributed by atoms with Crippen LogP contribution in [0.1, 0.15) is 6.42 Å². The Bertz CT molecular complexity index is 310. The van der Waals surface area contributed by atoms with Crippen molar-refractivity contribution in [2.45, 2.75) is 6.42 Å². The summed E-state index contributed by atoms with van der Waals surface area (Å²) >= 11 is 0. The summed E-state index contributed by atoms with van der Waals surface area (Å²) in [7, 11) is -1.19. The highest BCUT2D eigenvalue weighted by Crippen LogP contribution is 1.92. The van der Waals surface area contributed by atoms with Gasteiger partial charge in [0.2, 0.25) is 0 Å². The standard InChI is InChI=1S/C10H11BO3/c1-2-6-10(12)14-11(13)9-7-4-3-5-8-9/h2-5,7-8,13H,1,6H2. The predicted molar refractivity (Wildman–Crippen MR) is 55.0 cm³/mol. The van der Waals surface area contributed by atoms with Crippen molar-refractivity contribution in [1.29, 1.82) is 0 Å². The van der Waals surface area contributed by atoms with Crippen LogP contribution in [0.2, 0.25) is 0 Å². The van der Waals surface area contributed by atoms with Gasteiger partial charge in [-0.2, -0.15) is 0 Å². The molecule has 0 heterocycles. The molecule has 0 aliphatic carbocycles. The van der Waals surface area contributed by atoms with Crippen LogP contribution in [0.3, 0.4) is 0 Å². The first-order valence-corrected chi connectivity index (χ1v) is 4.27. The van der Waals surface area contributed by atoms with E-state index in [9.17, 15) is 9.82 Å². The van der Waals surface area contributed by atoms with Crippen LogP contribution in [-0.4, -0.2) is 18.1 Å². The first-order valence-electron chi connectivity index (χ1n) is 4.27. The lowest BCUT2D eigenvalue weighted by Crippen LogP contribution is -2.35. The van der Waals surface area contributed by atoms with E-state index >= 15 is 0 Å². The van der Waals surface area contributed by atoms with Crippen molar-refractivity contribution in [2.24, 2.45) is 0 Å². The zero-order valence-corrected chi connectivity index (χ0v) is 7.72. The number of carbonyl (C=O) groups is 1. The molecule has 3 nitrogen and oxygen atoms in total. The molecule has 0 amide bonds. The summed E-state index contributed by atoms with van der Waals surface area (Å²) in [6, 6.07) is 8.72. The van der Waals surface area contributed by atoms with Crippen LogP contribution in [0.5, 0.6) is 0 Å². The highest BCUT2D eigenvalue weighted by molar-refractivity contribution is 6.61. The molecular weight excluding hydrogens is 179 g/mol. The third kappa shape index (κ3) is 3.07. The zero-order chi connectivity index (χ0) is 10.4. The van der Waals surface area contributed by atoms with Crippen molar-refractivity contribution in [3.05, 3.63) is 43.0 Å². The molecule has 0 unspecified atom stereocenters. The molecule has 0 aliphatic heterocycles. The van der Waals surface area contributed by atoms with Gasteiger partial charge in [0.05, 0.1) is 6.42 Å². The SMILES string of the molecule is C=CCC(=O)OB(O)c1ccccc1. The van der Waals surface area contributed by atoms with Gasteiger partial charge in [0.15, 0.2) is 0 Å². The summed E-state index contributed by atoms with van der Waals surface area (Å²) in [5.41, 5.74) is 0.560. The number of hydrogen-bond donors (Lipinski definition) is 1. The molecule has 0 aromatic heterocycles.